The molecule has 0 spiro atoms. The molecule has 0 unspecified atom stereocenters. The Labute approximate surface area is 208 Å². The van der Waals surface area contributed by atoms with E-state index in [0.717, 1.165) is 22.3 Å². The van der Waals surface area contributed by atoms with E-state index in [1.807, 2.05) is 42.6 Å². The number of pyridine rings is 1. The maximum atomic E-state index is 12.5. The number of aromatic nitrogens is 3. The van der Waals surface area contributed by atoms with E-state index >= 15 is 0 Å². The lowest BCUT2D eigenvalue weighted by molar-refractivity contribution is -0.0498. The molecule has 0 atom stereocenters. The van der Waals surface area contributed by atoms with Crippen molar-refractivity contribution < 1.29 is 21.9 Å². The van der Waals surface area contributed by atoms with E-state index in [4.69, 9.17) is 5.10 Å². The molecule has 0 saturated heterocycles. The molecule has 2 aromatic heterocycles. The van der Waals surface area contributed by atoms with Crippen molar-refractivity contribution in [3.63, 3.8) is 0 Å². The van der Waals surface area contributed by atoms with Crippen LogP contribution < -0.4 is 14.8 Å². The van der Waals surface area contributed by atoms with Crippen LogP contribution in [0.3, 0.4) is 0 Å². The van der Waals surface area contributed by atoms with Gasteiger partial charge in [0, 0.05) is 36.4 Å². The molecular weight excluding hydrogens is 488 g/mol. The number of anilines is 1. The number of alkyl halides is 2. The van der Waals surface area contributed by atoms with Gasteiger partial charge in [0.15, 0.2) is 0 Å². The molecule has 2 aromatic carbocycles. The molecule has 4 rings (SSSR count). The summed E-state index contributed by atoms with van der Waals surface area (Å²) in [5.41, 5.74) is 4.82. The van der Waals surface area contributed by atoms with Gasteiger partial charge in [-0.15, -0.1) is 0 Å². The monoisotopic (exact) mass is 513 g/mol. The van der Waals surface area contributed by atoms with Gasteiger partial charge in [-0.2, -0.15) is 13.9 Å². The smallest absolute Gasteiger partial charge is 0.387 e. The first-order valence-corrected chi connectivity index (χ1v) is 12.8. The van der Waals surface area contributed by atoms with Gasteiger partial charge in [-0.1, -0.05) is 24.3 Å². The third-order valence-electron chi connectivity index (χ3n) is 5.41. The number of rotatable bonds is 11. The van der Waals surface area contributed by atoms with Crippen LogP contribution in [0.4, 0.5) is 14.5 Å². The molecule has 0 amide bonds. The van der Waals surface area contributed by atoms with Crippen molar-refractivity contribution in [2.45, 2.75) is 13.2 Å². The van der Waals surface area contributed by atoms with Gasteiger partial charge >= 0.3 is 6.61 Å². The van der Waals surface area contributed by atoms with Crippen LogP contribution in [0, 0.1) is 0 Å². The van der Waals surface area contributed by atoms with Gasteiger partial charge in [-0.3, -0.25) is 9.67 Å². The summed E-state index contributed by atoms with van der Waals surface area (Å²) in [6, 6.07) is 17.7. The van der Waals surface area contributed by atoms with E-state index in [2.05, 4.69) is 19.8 Å². The van der Waals surface area contributed by atoms with Crippen LogP contribution in [-0.4, -0.2) is 49.1 Å². The van der Waals surface area contributed by atoms with Crippen LogP contribution in [0.2, 0.25) is 0 Å². The van der Waals surface area contributed by atoms with Crippen LogP contribution in [0.25, 0.3) is 22.4 Å². The van der Waals surface area contributed by atoms with Gasteiger partial charge in [-0.05, 0) is 60.1 Å². The van der Waals surface area contributed by atoms with E-state index in [-0.39, 0.29) is 18.0 Å². The van der Waals surface area contributed by atoms with Crippen molar-refractivity contribution in [3.8, 4) is 28.1 Å². The third kappa shape index (κ3) is 6.64. The summed E-state index contributed by atoms with van der Waals surface area (Å²) in [7, 11) is -1.99. The van der Waals surface area contributed by atoms with E-state index in [0.29, 0.717) is 17.9 Å². The largest absolute Gasteiger partial charge is 0.435 e. The molecule has 2 N–H and O–H groups in total. The second-order valence-corrected chi connectivity index (χ2v) is 9.92. The average molecular weight is 514 g/mol. The second-order valence-electron chi connectivity index (χ2n) is 7.87. The molecule has 0 aliphatic heterocycles. The van der Waals surface area contributed by atoms with Crippen LogP contribution in [-0.2, 0) is 16.6 Å². The van der Waals surface area contributed by atoms with Gasteiger partial charge in [0.1, 0.15) is 5.75 Å². The average Bonchev–Trinajstić information content (AvgIpc) is 3.33. The lowest BCUT2D eigenvalue weighted by Gasteiger charge is -2.14. The van der Waals surface area contributed by atoms with Crippen molar-refractivity contribution in [1.29, 1.82) is 0 Å². The fourth-order valence-corrected chi connectivity index (χ4v) is 4.19. The number of nitrogens with zero attached hydrogens (tertiary/aromatic N) is 3. The molecule has 11 heteroatoms. The highest BCUT2D eigenvalue weighted by atomic mass is 32.2. The Bertz CT molecular complexity index is 1390. The molecule has 4 aromatic rings. The summed E-state index contributed by atoms with van der Waals surface area (Å²) in [5.74, 6) is -0.0155. The molecule has 0 saturated carbocycles. The number of ether oxygens (including phenoxy) is 1. The summed E-state index contributed by atoms with van der Waals surface area (Å²) < 4.78 is 57.2. The number of nitrogens with one attached hydrogen (secondary N) is 2. The van der Waals surface area contributed by atoms with Gasteiger partial charge < -0.3 is 10.1 Å². The summed E-state index contributed by atoms with van der Waals surface area (Å²) >= 11 is 0. The Morgan fingerprint density at radius 1 is 1.06 bits per heavy atom. The highest BCUT2D eigenvalue weighted by Gasteiger charge is 2.13. The van der Waals surface area contributed by atoms with Crippen molar-refractivity contribution in [1.82, 2.24) is 19.5 Å². The van der Waals surface area contributed by atoms with Gasteiger partial charge in [0.05, 0.1) is 18.0 Å². The predicted octanol–water partition coefficient (Wildman–Crippen LogP) is 4.22. The second kappa shape index (κ2) is 11.3. The van der Waals surface area contributed by atoms with Crippen molar-refractivity contribution in [3.05, 3.63) is 84.8 Å². The molecule has 0 aliphatic carbocycles. The fourth-order valence-electron chi connectivity index (χ4n) is 3.61. The molecule has 0 bridgehead atoms. The number of hydrogen-bond acceptors (Lipinski definition) is 6. The van der Waals surface area contributed by atoms with Gasteiger partial charge in [-0.25, -0.2) is 13.1 Å². The summed E-state index contributed by atoms with van der Waals surface area (Å²) in [6.07, 6.45) is 5.35. The van der Waals surface area contributed by atoms with Crippen molar-refractivity contribution in [2.24, 2.45) is 0 Å². The van der Waals surface area contributed by atoms with Crippen LogP contribution in [0.15, 0.2) is 79.3 Å². The summed E-state index contributed by atoms with van der Waals surface area (Å²) in [5, 5.41) is 7.89. The van der Waals surface area contributed by atoms with E-state index in [1.54, 1.807) is 29.2 Å². The van der Waals surface area contributed by atoms with Crippen LogP contribution in [0.5, 0.6) is 5.75 Å². The zero-order valence-corrected chi connectivity index (χ0v) is 20.3. The fraction of sp³-hybridized carbons (Fsp3) is 0.200. The number of halogens is 2. The van der Waals surface area contributed by atoms with E-state index in [1.165, 1.54) is 19.2 Å². The van der Waals surface area contributed by atoms with Crippen LogP contribution >= 0.6 is 0 Å². The minimum Gasteiger partial charge on any atom is -0.435 e. The molecule has 0 fully saturated rings. The van der Waals surface area contributed by atoms with E-state index in [9.17, 15) is 17.2 Å². The number of benzene rings is 2. The number of sulfonamides is 1. The SMILES string of the molecule is CNS(=O)(=O)CCNc1ccc(-c2ccc(OC(F)F)cc2)cc1-c1ccn(Cc2cccnc2)n1. The Kier molecular flexibility index (Phi) is 7.91. The summed E-state index contributed by atoms with van der Waals surface area (Å²) in [6.45, 7) is -2.14. The maximum absolute atomic E-state index is 12.5. The quantitative estimate of drug-likeness (QED) is 0.312. The summed E-state index contributed by atoms with van der Waals surface area (Å²) in [4.78, 5) is 4.13. The minimum atomic E-state index is -3.36. The molecule has 188 valence electrons. The molecule has 2 heterocycles. The van der Waals surface area contributed by atoms with Crippen molar-refractivity contribution >= 4 is 15.7 Å². The lowest BCUT2D eigenvalue weighted by Crippen LogP contribution is -2.26. The first kappa shape index (κ1) is 25.3. The molecule has 36 heavy (non-hydrogen) atoms. The van der Waals surface area contributed by atoms with Crippen LogP contribution in [0.1, 0.15) is 5.56 Å². The Morgan fingerprint density at radius 3 is 2.53 bits per heavy atom. The third-order valence-corrected chi connectivity index (χ3v) is 6.78. The highest BCUT2D eigenvalue weighted by Crippen LogP contribution is 2.33. The Hall–Kier alpha value is -3.83. The normalized spacial score (nSPS) is 11.6. The standard InChI is InChI=1S/C25H25F2N5O3S/c1-28-36(33,34)14-12-30-23-9-6-20(19-4-7-21(8-5-19)35-25(26)27)15-22(23)24-10-13-32(31-24)17-18-3-2-11-29-16-18/h2-11,13,15-16,25,28,30H,12,14,17H2,1H3. The first-order valence-electron chi connectivity index (χ1n) is 11.1. The van der Waals surface area contributed by atoms with Gasteiger partial charge in [0.25, 0.3) is 0 Å². The minimum absolute atomic E-state index is 0.0761. The maximum Gasteiger partial charge on any atom is 0.387 e. The topological polar surface area (TPSA) is 98.1 Å². The molecule has 0 aliphatic rings. The molecular formula is C25H25F2N5O3S. The zero-order valence-electron chi connectivity index (χ0n) is 19.4. The Morgan fingerprint density at radius 2 is 1.83 bits per heavy atom. The molecule has 8 nitrogen and oxygen atoms in total. The predicted molar refractivity (Wildman–Crippen MR) is 134 cm³/mol. The highest BCUT2D eigenvalue weighted by molar-refractivity contribution is 7.89. The first-order chi connectivity index (χ1) is 17.3. The lowest BCUT2D eigenvalue weighted by atomic mass is 10.00. The van der Waals surface area contributed by atoms with Crippen molar-refractivity contribution in [2.75, 3.05) is 24.7 Å². The Balaban J connectivity index is 1.63. The number of hydrogen-bond donors (Lipinski definition) is 2. The molecule has 0 radical (unpaired) electrons. The zero-order chi connectivity index (χ0) is 25.5. The van der Waals surface area contributed by atoms with Gasteiger partial charge in [0.2, 0.25) is 10.0 Å². The van der Waals surface area contributed by atoms with E-state index < -0.39 is 16.6 Å².